The van der Waals surface area contributed by atoms with Crippen molar-refractivity contribution in [2.75, 3.05) is 6.61 Å². The number of amides is 1. The van der Waals surface area contributed by atoms with Crippen molar-refractivity contribution < 1.29 is 33.8 Å². The molecular formula is C19H18BrNO7. The number of fused-ring (bicyclic) bond motifs is 1. The Labute approximate surface area is 169 Å². The van der Waals surface area contributed by atoms with Crippen LogP contribution >= 0.6 is 15.9 Å². The topological polar surface area (TPSA) is 110 Å². The van der Waals surface area contributed by atoms with E-state index in [-0.39, 0.29) is 18.7 Å². The van der Waals surface area contributed by atoms with Crippen LogP contribution in [-0.4, -0.2) is 53.1 Å². The molecule has 1 saturated heterocycles. The lowest BCUT2D eigenvalue weighted by Gasteiger charge is -2.45. The number of β-lactam (4-membered cyclic amide) rings is 1. The van der Waals surface area contributed by atoms with Gasteiger partial charge in [0, 0.05) is 10.0 Å². The number of carboxylic acids is 1. The van der Waals surface area contributed by atoms with Crippen molar-refractivity contribution in [2.45, 2.75) is 32.4 Å². The molecule has 1 amide bonds. The Morgan fingerprint density at radius 1 is 1.39 bits per heavy atom. The van der Waals surface area contributed by atoms with Gasteiger partial charge in [-0.05, 0) is 49.6 Å². The summed E-state index contributed by atoms with van der Waals surface area (Å²) < 4.78 is 10.5. The van der Waals surface area contributed by atoms with Crippen LogP contribution in [0.3, 0.4) is 0 Å². The number of carbonyl (C=O) groups is 4. The van der Waals surface area contributed by atoms with E-state index in [0.29, 0.717) is 27.5 Å². The summed E-state index contributed by atoms with van der Waals surface area (Å²) in [7, 11) is 0. The predicted octanol–water partition coefficient (Wildman–Crippen LogP) is 2.85. The Morgan fingerprint density at radius 3 is 2.71 bits per heavy atom. The minimum absolute atomic E-state index is 0.107. The summed E-state index contributed by atoms with van der Waals surface area (Å²) in [6.45, 7) is 3.37. The minimum Gasteiger partial charge on any atom is -0.477 e. The summed E-state index contributed by atoms with van der Waals surface area (Å²) in [6, 6.07) is 4.47. The third kappa shape index (κ3) is 3.42. The minimum atomic E-state index is -1.23. The van der Waals surface area contributed by atoms with Gasteiger partial charge in [0.25, 0.3) is 0 Å². The molecule has 0 unspecified atom stereocenters. The monoisotopic (exact) mass is 451 g/mol. The van der Waals surface area contributed by atoms with E-state index < -0.39 is 36.1 Å². The van der Waals surface area contributed by atoms with Crippen LogP contribution in [0.5, 0.6) is 0 Å². The van der Waals surface area contributed by atoms with E-state index in [9.17, 15) is 24.3 Å². The molecule has 28 heavy (non-hydrogen) atoms. The first kappa shape index (κ1) is 20.1. The SMILES string of the molecule is CCOC(=O)O[C@H](C)[C@H]1C(=O)N2C(C(=O)O)=C(c3cc(Br)cc(C=O)c3)C[C@H]12. The third-order valence-electron chi connectivity index (χ3n) is 4.87. The smallest absolute Gasteiger partial charge is 0.477 e. The Kier molecular flexibility index (Phi) is 5.55. The van der Waals surface area contributed by atoms with E-state index in [1.165, 1.54) is 4.90 Å². The molecule has 0 spiro atoms. The Bertz CT molecular complexity index is 894. The highest BCUT2D eigenvalue weighted by molar-refractivity contribution is 9.10. The quantitative estimate of drug-likeness (QED) is 0.402. The fraction of sp³-hybridized carbons (Fsp3) is 0.368. The highest BCUT2D eigenvalue weighted by atomic mass is 79.9. The van der Waals surface area contributed by atoms with Crippen molar-refractivity contribution in [1.29, 1.82) is 0 Å². The van der Waals surface area contributed by atoms with Crippen LogP contribution in [0.25, 0.3) is 5.57 Å². The molecule has 0 bridgehead atoms. The van der Waals surface area contributed by atoms with Crippen LogP contribution in [0.2, 0.25) is 0 Å². The van der Waals surface area contributed by atoms with E-state index in [1.54, 1.807) is 32.0 Å². The highest BCUT2D eigenvalue weighted by Crippen LogP contribution is 2.47. The van der Waals surface area contributed by atoms with Crippen molar-refractivity contribution in [1.82, 2.24) is 4.90 Å². The molecule has 1 aromatic rings. The number of rotatable bonds is 6. The van der Waals surface area contributed by atoms with E-state index >= 15 is 0 Å². The number of aliphatic carboxylic acids is 1. The van der Waals surface area contributed by atoms with E-state index in [2.05, 4.69) is 15.9 Å². The number of aldehydes is 1. The Morgan fingerprint density at radius 2 is 2.11 bits per heavy atom. The zero-order valence-corrected chi connectivity index (χ0v) is 16.8. The molecule has 2 aliphatic rings. The largest absolute Gasteiger partial charge is 0.508 e. The summed E-state index contributed by atoms with van der Waals surface area (Å²) in [5, 5.41) is 9.68. The number of benzene rings is 1. The van der Waals surface area contributed by atoms with Crippen molar-refractivity contribution in [3.05, 3.63) is 39.5 Å². The first-order valence-electron chi connectivity index (χ1n) is 8.67. The fourth-order valence-electron chi connectivity index (χ4n) is 3.74. The second-order valence-corrected chi connectivity index (χ2v) is 7.45. The molecule has 0 aromatic heterocycles. The molecule has 0 saturated carbocycles. The molecule has 2 heterocycles. The molecule has 0 radical (unpaired) electrons. The normalized spacial score (nSPS) is 21.7. The molecule has 148 valence electrons. The molecule has 1 aromatic carbocycles. The zero-order valence-electron chi connectivity index (χ0n) is 15.2. The maximum Gasteiger partial charge on any atom is 0.508 e. The summed E-state index contributed by atoms with van der Waals surface area (Å²) in [4.78, 5) is 48.4. The third-order valence-corrected chi connectivity index (χ3v) is 5.32. The van der Waals surface area contributed by atoms with Gasteiger partial charge in [0.1, 0.15) is 18.1 Å². The van der Waals surface area contributed by atoms with Gasteiger partial charge in [-0.3, -0.25) is 9.59 Å². The van der Waals surface area contributed by atoms with E-state index in [4.69, 9.17) is 9.47 Å². The first-order valence-corrected chi connectivity index (χ1v) is 9.46. The molecule has 1 fully saturated rings. The zero-order chi connectivity index (χ0) is 20.6. The van der Waals surface area contributed by atoms with E-state index in [1.807, 2.05) is 0 Å². The van der Waals surface area contributed by atoms with Crippen LogP contribution < -0.4 is 0 Å². The molecule has 3 rings (SSSR count). The van der Waals surface area contributed by atoms with Crippen molar-refractivity contribution in [3.8, 4) is 0 Å². The standard InChI is InChI=1S/C19H18BrNO7/c1-3-27-19(26)28-9(2)15-14-7-13(16(18(24)25)21(14)17(15)23)11-4-10(8-22)5-12(20)6-11/h4-6,8-9,14-15H,3,7H2,1-2H3,(H,24,25)/t9-,14-,15-/m1/s1. The molecule has 3 atom stereocenters. The lowest BCUT2D eigenvalue weighted by molar-refractivity contribution is -0.162. The Hall–Kier alpha value is -2.68. The van der Waals surface area contributed by atoms with Gasteiger partial charge in [-0.15, -0.1) is 0 Å². The second kappa shape index (κ2) is 7.75. The number of hydrogen-bond donors (Lipinski definition) is 1. The van der Waals surface area contributed by atoms with Gasteiger partial charge >= 0.3 is 12.1 Å². The number of halogens is 1. The number of ether oxygens (including phenoxy) is 2. The average molecular weight is 452 g/mol. The first-order chi connectivity index (χ1) is 13.3. The Balaban J connectivity index is 1.90. The van der Waals surface area contributed by atoms with Crippen molar-refractivity contribution >= 4 is 45.8 Å². The number of carboxylic acid groups (broad SMARTS) is 1. The van der Waals surface area contributed by atoms with Crippen LogP contribution in [0.1, 0.15) is 36.2 Å². The molecule has 1 N–H and O–H groups in total. The summed E-state index contributed by atoms with van der Waals surface area (Å²) in [5.41, 5.74) is 1.29. The molecule has 9 heteroatoms. The fourth-order valence-corrected chi connectivity index (χ4v) is 4.26. The van der Waals surface area contributed by atoms with Gasteiger partial charge in [0.15, 0.2) is 0 Å². The summed E-state index contributed by atoms with van der Waals surface area (Å²) in [6.07, 6.45) is -0.672. The number of nitrogens with zero attached hydrogens (tertiary/aromatic N) is 1. The second-order valence-electron chi connectivity index (χ2n) is 6.53. The highest BCUT2D eigenvalue weighted by Gasteiger charge is 2.58. The van der Waals surface area contributed by atoms with Gasteiger partial charge in [0.2, 0.25) is 5.91 Å². The van der Waals surface area contributed by atoms with Crippen LogP contribution in [0.4, 0.5) is 4.79 Å². The molecular weight excluding hydrogens is 434 g/mol. The van der Waals surface area contributed by atoms with E-state index in [0.717, 1.165) is 0 Å². The lowest BCUT2D eigenvalue weighted by Crippen LogP contribution is -2.62. The van der Waals surface area contributed by atoms with Crippen molar-refractivity contribution in [2.24, 2.45) is 5.92 Å². The van der Waals surface area contributed by atoms with Crippen LogP contribution in [0, 0.1) is 5.92 Å². The van der Waals surface area contributed by atoms with Gasteiger partial charge in [-0.25, -0.2) is 9.59 Å². The maximum absolute atomic E-state index is 12.6. The summed E-state index contributed by atoms with van der Waals surface area (Å²) >= 11 is 3.31. The summed E-state index contributed by atoms with van der Waals surface area (Å²) in [5.74, 6) is -2.30. The molecule has 2 aliphatic heterocycles. The number of hydrogen-bond acceptors (Lipinski definition) is 6. The van der Waals surface area contributed by atoms with Gasteiger partial charge < -0.3 is 19.5 Å². The average Bonchev–Trinajstić information content (AvgIpc) is 2.96. The van der Waals surface area contributed by atoms with Crippen LogP contribution in [-0.2, 0) is 19.1 Å². The van der Waals surface area contributed by atoms with Crippen molar-refractivity contribution in [3.63, 3.8) is 0 Å². The van der Waals surface area contributed by atoms with Gasteiger partial charge in [-0.1, -0.05) is 15.9 Å². The van der Waals surface area contributed by atoms with Gasteiger partial charge in [0.05, 0.1) is 18.6 Å². The maximum atomic E-state index is 12.6. The van der Waals surface area contributed by atoms with Crippen LogP contribution in [0.15, 0.2) is 28.4 Å². The number of carbonyl (C=O) groups excluding carboxylic acids is 3. The van der Waals surface area contributed by atoms with Gasteiger partial charge in [-0.2, -0.15) is 0 Å². The predicted molar refractivity (Wildman–Crippen MR) is 100 cm³/mol. The molecule has 8 nitrogen and oxygen atoms in total. The lowest BCUT2D eigenvalue weighted by atomic mass is 9.82. The molecule has 0 aliphatic carbocycles.